The van der Waals surface area contributed by atoms with E-state index >= 15 is 0 Å². The number of phenolic OH excluding ortho intramolecular Hbond substituents is 4. The number of nitrogens with zero attached hydrogens (tertiary/aromatic N) is 8. The van der Waals surface area contributed by atoms with Gasteiger partial charge in [0.15, 0.2) is 0 Å². The lowest BCUT2D eigenvalue weighted by Crippen LogP contribution is -1.99. The van der Waals surface area contributed by atoms with Gasteiger partial charge in [-0.1, -0.05) is 99.7 Å². The van der Waals surface area contributed by atoms with Crippen molar-refractivity contribution in [1.82, 2.24) is 0 Å². The molecule has 8 rings (SSSR count). The second kappa shape index (κ2) is 23.9. The third-order valence-electron chi connectivity index (χ3n) is 11.2. The maximum atomic E-state index is 12.2. The topological polar surface area (TPSA) is 180 Å². The first-order chi connectivity index (χ1) is 35.3. The molecule has 374 valence electrons. The second-order valence-corrected chi connectivity index (χ2v) is 20.3. The molecule has 0 aromatic heterocycles. The van der Waals surface area contributed by atoms with Crippen LogP contribution in [0.5, 0.6) is 23.0 Å². The Labute approximate surface area is 464 Å². The molecule has 0 heterocycles. The minimum atomic E-state index is -0.168. The molecule has 0 amide bonds. The number of halogens is 8. The summed E-state index contributed by atoms with van der Waals surface area (Å²) in [6, 6.07) is 32.2. The van der Waals surface area contributed by atoms with Gasteiger partial charge < -0.3 is 20.4 Å². The molecule has 0 fully saturated rings. The van der Waals surface area contributed by atoms with Crippen molar-refractivity contribution in [2.24, 2.45) is 40.9 Å². The van der Waals surface area contributed by atoms with Gasteiger partial charge in [-0.05, 0) is 146 Å². The van der Waals surface area contributed by atoms with E-state index in [0.717, 1.165) is 0 Å². The number of aryl methyl sites for hydroxylation is 2. The highest BCUT2D eigenvalue weighted by molar-refractivity contribution is 6.36. The van der Waals surface area contributed by atoms with Gasteiger partial charge in [0.2, 0.25) is 0 Å². The van der Waals surface area contributed by atoms with Gasteiger partial charge in [-0.25, -0.2) is 0 Å². The molecule has 0 atom stereocenters. The van der Waals surface area contributed by atoms with Crippen molar-refractivity contribution in [2.75, 3.05) is 0 Å². The van der Waals surface area contributed by atoms with Crippen LogP contribution < -0.4 is 0 Å². The van der Waals surface area contributed by atoms with Gasteiger partial charge in [0, 0.05) is 92.8 Å². The van der Waals surface area contributed by atoms with Crippen LogP contribution in [0.15, 0.2) is 162 Å². The Hall–Kier alpha value is -6.32. The molecule has 74 heavy (non-hydrogen) atoms. The van der Waals surface area contributed by atoms with Gasteiger partial charge in [0.05, 0.1) is 45.5 Å². The lowest BCUT2D eigenvalue weighted by Gasteiger charge is -2.16. The minimum absolute atomic E-state index is 0.00182. The zero-order chi connectivity index (χ0) is 52.8. The number of phenols is 4. The molecule has 0 aliphatic carbocycles. The van der Waals surface area contributed by atoms with Crippen molar-refractivity contribution in [3.05, 3.63) is 206 Å². The molecule has 0 aliphatic heterocycles. The fourth-order valence-electron chi connectivity index (χ4n) is 7.83. The van der Waals surface area contributed by atoms with E-state index in [0.29, 0.717) is 137 Å². The first-order valence-corrected chi connectivity index (χ1v) is 25.2. The van der Waals surface area contributed by atoms with E-state index in [1.807, 2.05) is 6.92 Å². The lowest BCUT2D eigenvalue weighted by molar-refractivity contribution is 0.453. The van der Waals surface area contributed by atoms with Gasteiger partial charge in [0.25, 0.3) is 0 Å². The number of hydrogen-bond acceptors (Lipinski definition) is 12. The predicted octanol–water partition coefficient (Wildman–Crippen LogP) is 21.0. The van der Waals surface area contributed by atoms with E-state index in [1.165, 1.54) is 0 Å². The van der Waals surface area contributed by atoms with Crippen LogP contribution in [-0.4, -0.2) is 20.4 Å². The van der Waals surface area contributed by atoms with E-state index in [-0.39, 0.29) is 42.3 Å². The molecule has 0 bridgehead atoms. The molecule has 0 aliphatic rings. The number of azo groups is 4. The molecule has 8 aromatic rings. The number of aromatic hydroxyl groups is 4. The predicted molar refractivity (Wildman–Crippen MR) is 298 cm³/mol. The van der Waals surface area contributed by atoms with Gasteiger partial charge >= 0.3 is 0 Å². The zero-order valence-electron chi connectivity index (χ0n) is 38.8. The molecule has 20 heteroatoms. The van der Waals surface area contributed by atoms with E-state index in [9.17, 15) is 20.4 Å². The Balaban J connectivity index is 1.23. The van der Waals surface area contributed by atoms with E-state index in [2.05, 4.69) is 40.9 Å². The van der Waals surface area contributed by atoms with Gasteiger partial charge in [-0.2, -0.15) is 40.9 Å². The van der Waals surface area contributed by atoms with Crippen LogP contribution >= 0.6 is 92.8 Å². The summed E-state index contributed by atoms with van der Waals surface area (Å²) in [5.41, 5.74) is 6.17. The molecule has 0 spiro atoms. The molecular weight excluding hydrogens is 1110 g/mol. The van der Waals surface area contributed by atoms with Crippen LogP contribution in [0.2, 0.25) is 40.2 Å². The highest BCUT2D eigenvalue weighted by Crippen LogP contribution is 2.42. The molecule has 8 aromatic carbocycles. The Morgan fingerprint density at radius 1 is 0.270 bits per heavy atom. The summed E-state index contributed by atoms with van der Waals surface area (Å²) >= 11 is 50.0. The molecule has 12 nitrogen and oxygen atoms in total. The average molecular weight is 1150 g/mol. The van der Waals surface area contributed by atoms with Gasteiger partial charge in [-0.3, -0.25) is 0 Å². The summed E-state index contributed by atoms with van der Waals surface area (Å²) < 4.78 is 0. The standard InChI is InChI=1S/C54H38Cl8N8O4/c1-3-28-8-44(64-68-48-21-37(57)16-38(58)22-48)10-30(52(28)72)6-32-12-46(66-70-50-25-41(61)18-42(62)26-50)14-34(54(32)74)7-33-13-45(65-69-49-23-39(59)17-40(60)24-49)11-31(53(33)73)5-29-9-43(4-27(2)51(29)71)63-67-47-19-35(55)15-36(56)20-47/h4,8-26,71-74H,3,5-7H2,1-2H3. The SMILES string of the molecule is CCc1cc(N=Nc2cc(Cl)cc(Cl)c2)cc(Cc2cc(N=Nc3cc(Cl)cc(Cl)c3)cc(Cc3cc(N=Nc4cc(Cl)cc(Cl)c4)cc(Cc4cc(N=Nc5cc(Cl)cc(Cl)c5)cc(C)c4O)c3O)c2O)c1O. The maximum absolute atomic E-state index is 12.2. The number of hydrogen-bond donors (Lipinski definition) is 4. The largest absolute Gasteiger partial charge is 0.507 e. The van der Waals surface area contributed by atoms with Crippen LogP contribution in [0.4, 0.5) is 45.5 Å². The van der Waals surface area contributed by atoms with Crippen LogP contribution in [0.1, 0.15) is 51.4 Å². The van der Waals surface area contributed by atoms with Crippen LogP contribution in [0, 0.1) is 6.92 Å². The van der Waals surface area contributed by atoms with E-state index in [1.54, 1.807) is 128 Å². The molecule has 4 N–H and O–H groups in total. The van der Waals surface area contributed by atoms with Crippen LogP contribution in [0.25, 0.3) is 0 Å². The summed E-state index contributed by atoms with van der Waals surface area (Å²) in [5, 5.41) is 85.6. The third-order valence-corrected chi connectivity index (χ3v) is 12.9. The average Bonchev–Trinajstić information content (AvgIpc) is 3.32. The van der Waals surface area contributed by atoms with Crippen LogP contribution in [0.3, 0.4) is 0 Å². The van der Waals surface area contributed by atoms with Crippen molar-refractivity contribution in [3.63, 3.8) is 0 Å². The smallest absolute Gasteiger partial charge is 0.122 e. The quantitative estimate of drug-likeness (QED) is 0.0747. The molecule has 0 unspecified atom stereocenters. The fraction of sp³-hybridized carbons (Fsp3) is 0.111. The summed E-state index contributed by atoms with van der Waals surface area (Å²) in [6.07, 6.45) is 0.318. The number of rotatable bonds is 15. The van der Waals surface area contributed by atoms with Crippen molar-refractivity contribution >= 4 is 138 Å². The summed E-state index contributed by atoms with van der Waals surface area (Å²) in [6.45, 7) is 3.60. The van der Waals surface area contributed by atoms with Crippen molar-refractivity contribution in [3.8, 4) is 23.0 Å². The monoisotopic (exact) mass is 1140 g/mol. The molecule has 0 saturated carbocycles. The number of benzene rings is 8. The van der Waals surface area contributed by atoms with Crippen molar-refractivity contribution < 1.29 is 20.4 Å². The molecular formula is C54H38Cl8N8O4. The van der Waals surface area contributed by atoms with E-state index < -0.39 is 0 Å². The fourth-order valence-corrected chi connectivity index (χ4v) is 9.89. The van der Waals surface area contributed by atoms with Crippen molar-refractivity contribution in [2.45, 2.75) is 39.5 Å². The second-order valence-electron chi connectivity index (χ2n) is 16.8. The minimum Gasteiger partial charge on any atom is -0.507 e. The Kier molecular flexibility index (Phi) is 17.4. The highest BCUT2D eigenvalue weighted by Gasteiger charge is 2.20. The van der Waals surface area contributed by atoms with Crippen LogP contribution in [-0.2, 0) is 25.7 Å². The van der Waals surface area contributed by atoms with Gasteiger partial charge in [0.1, 0.15) is 23.0 Å². The Morgan fingerprint density at radius 3 is 0.703 bits per heavy atom. The molecule has 0 radical (unpaired) electrons. The summed E-state index contributed by atoms with van der Waals surface area (Å²) in [7, 11) is 0. The Bertz CT molecular complexity index is 3530. The van der Waals surface area contributed by atoms with Gasteiger partial charge in [-0.15, -0.1) is 0 Å². The first kappa shape index (κ1) is 54.0. The molecule has 0 saturated heterocycles. The summed E-state index contributed by atoms with van der Waals surface area (Å²) in [4.78, 5) is 0. The third kappa shape index (κ3) is 14.1. The highest BCUT2D eigenvalue weighted by atomic mass is 35.5. The first-order valence-electron chi connectivity index (χ1n) is 22.2. The lowest BCUT2D eigenvalue weighted by atomic mass is 9.92. The Morgan fingerprint density at radius 2 is 0.459 bits per heavy atom. The van der Waals surface area contributed by atoms with Crippen molar-refractivity contribution in [1.29, 1.82) is 0 Å². The normalized spacial score (nSPS) is 11.9. The maximum Gasteiger partial charge on any atom is 0.122 e. The van der Waals surface area contributed by atoms with E-state index in [4.69, 9.17) is 92.8 Å². The zero-order valence-corrected chi connectivity index (χ0v) is 44.8. The summed E-state index contributed by atoms with van der Waals surface area (Å²) in [5.74, 6) is -0.371.